The first-order valence-electron chi connectivity index (χ1n) is 6.44. The highest BCUT2D eigenvalue weighted by molar-refractivity contribution is 5.48. The number of benzene rings is 1. The van der Waals surface area contributed by atoms with Crippen molar-refractivity contribution < 1.29 is 22.3 Å². The van der Waals surface area contributed by atoms with Crippen LogP contribution in [0.4, 0.5) is 18.9 Å². The van der Waals surface area contributed by atoms with Crippen molar-refractivity contribution in [2.45, 2.75) is 33.2 Å². The van der Waals surface area contributed by atoms with Crippen molar-refractivity contribution in [2.24, 2.45) is 0 Å². The van der Waals surface area contributed by atoms with E-state index in [-0.39, 0.29) is 11.8 Å². The van der Waals surface area contributed by atoms with Gasteiger partial charge in [-0.25, -0.2) is 0 Å². The molecule has 1 N–H and O–H groups in total. The van der Waals surface area contributed by atoms with Crippen LogP contribution in [0.1, 0.15) is 30.0 Å². The molecule has 6 heteroatoms. The second kappa shape index (κ2) is 5.71. The lowest BCUT2D eigenvalue weighted by Gasteiger charge is -2.15. The lowest BCUT2D eigenvalue weighted by atomic mass is 10.1. The minimum atomic E-state index is -4.67. The second-order valence-electron chi connectivity index (χ2n) is 4.81. The molecule has 0 spiro atoms. The van der Waals surface area contributed by atoms with Crippen LogP contribution in [0.15, 0.2) is 34.7 Å². The van der Waals surface area contributed by atoms with Crippen LogP contribution in [-0.4, -0.2) is 6.36 Å². The SMILES string of the molecule is Cc1cc(C(C)Nc2ccc(OC(F)(F)F)cc2)c(C)o1. The highest BCUT2D eigenvalue weighted by Gasteiger charge is 2.30. The summed E-state index contributed by atoms with van der Waals surface area (Å²) in [5.74, 6) is 1.41. The van der Waals surface area contributed by atoms with Gasteiger partial charge in [0, 0.05) is 11.3 Å². The first kappa shape index (κ1) is 15.3. The van der Waals surface area contributed by atoms with Gasteiger partial charge in [0.1, 0.15) is 17.3 Å². The van der Waals surface area contributed by atoms with Gasteiger partial charge >= 0.3 is 6.36 Å². The van der Waals surface area contributed by atoms with Crippen molar-refractivity contribution in [3.8, 4) is 5.75 Å². The molecule has 0 aliphatic heterocycles. The molecule has 0 saturated carbocycles. The number of furan rings is 1. The van der Waals surface area contributed by atoms with Gasteiger partial charge in [0.05, 0.1) is 6.04 Å². The van der Waals surface area contributed by atoms with Gasteiger partial charge in [-0.3, -0.25) is 0 Å². The van der Waals surface area contributed by atoms with E-state index in [0.29, 0.717) is 5.69 Å². The fraction of sp³-hybridized carbons (Fsp3) is 0.333. The summed E-state index contributed by atoms with van der Waals surface area (Å²) in [7, 11) is 0. The van der Waals surface area contributed by atoms with Crippen molar-refractivity contribution in [1.82, 2.24) is 0 Å². The zero-order chi connectivity index (χ0) is 15.6. The third kappa shape index (κ3) is 4.18. The lowest BCUT2D eigenvalue weighted by Crippen LogP contribution is -2.17. The molecule has 1 unspecified atom stereocenters. The molecular formula is C15H16F3NO2. The first-order chi connectivity index (χ1) is 9.74. The van der Waals surface area contributed by atoms with E-state index in [1.54, 1.807) is 12.1 Å². The molecule has 1 atom stereocenters. The Balaban J connectivity index is 2.05. The summed E-state index contributed by atoms with van der Waals surface area (Å²) >= 11 is 0. The predicted octanol–water partition coefficient (Wildman–Crippen LogP) is 4.97. The minimum absolute atomic E-state index is 0.0168. The summed E-state index contributed by atoms with van der Waals surface area (Å²) < 4.78 is 45.5. The normalized spacial score (nSPS) is 13.0. The van der Waals surface area contributed by atoms with E-state index < -0.39 is 6.36 Å². The van der Waals surface area contributed by atoms with Gasteiger partial charge in [-0.15, -0.1) is 13.2 Å². The zero-order valence-electron chi connectivity index (χ0n) is 11.9. The van der Waals surface area contributed by atoms with Crippen LogP contribution in [0.3, 0.4) is 0 Å². The monoisotopic (exact) mass is 299 g/mol. The average molecular weight is 299 g/mol. The van der Waals surface area contributed by atoms with Crippen molar-refractivity contribution in [3.05, 3.63) is 47.4 Å². The van der Waals surface area contributed by atoms with Crippen molar-refractivity contribution in [3.63, 3.8) is 0 Å². The third-order valence-corrected chi connectivity index (χ3v) is 3.02. The van der Waals surface area contributed by atoms with E-state index in [1.807, 2.05) is 26.8 Å². The minimum Gasteiger partial charge on any atom is -0.466 e. The molecule has 1 aromatic carbocycles. The Labute approximate surface area is 120 Å². The average Bonchev–Trinajstić information content (AvgIpc) is 2.69. The number of ether oxygens (including phenoxy) is 1. The quantitative estimate of drug-likeness (QED) is 0.865. The Kier molecular flexibility index (Phi) is 4.16. The number of rotatable bonds is 4. The zero-order valence-corrected chi connectivity index (χ0v) is 11.9. The fourth-order valence-electron chi connectivity index (χ4n) is 2.16. The van der Waals surface area contributed by atoms with Crippen molar-refractivity contribution in [1.29, 1.82) is 0 Å². The van der Waals surface area contributed by atoms with Gasteiger partial charge in [-0.1, -0.05) is 0 Å². The number of anilines is 1. The van der Waals surface area contributed by atoms with Gasteiger partial charge in [-0.2, -0.15) is 0 Å². The van der Waals surface area contributed by atoms with Gasteiger partial charge < -0.3 is 14.5 Å². The van der Waals surface area contributed by atoms with E-state index in [4.69, 9.17) is 4.42 Å². The van der Waals surface area contributed by atoms with E-state index in [1.165, 1.54) is 12.1 Å². The van der Waals surface area contributed by atoms with E-state index in [0.717, 1.165) is 17.1 Å². The molecule has 1 aromatic heterocycles. The van der Waals surface area contributed by atoms with E-state index in [2.05, 4.69) is 10.1 Å². The second-order valence-corrected chi connectivity index (χ2v) is 4.81. The predicted molar refractivity (Wildman–Crippen MR) is 73.3 cm³/mol. The van der Waals surface area contributed by atoms with Crippen molar-refractivity contribution in [2.75, 3.05) is 5.32 Å². The summed E-state index contributed by atoms with van der Waals surface area (Å²) in [6.45, 7) is 5.70. The fourth-order valence-corrected chi connectivity index (χ4v) is 2.16. The van der Waals surface area contributed by atoms with E-state index >= 15 is 0 Å². The molecule has 1 heterocycles. The largest absolute Gasteiger partial charge is 0.573 e. The number of halogens is 3. The van der Waals surface area contributed by atoms with Gasteiger partial charge in [0.2, 0.25) is 0 Å². The molecule has 114 valence electrons. The van der Waals surface area contributed by atoms with Crippen LogP contribution in [0.5, 0.6) is 5.75 Å². The van der Waals surface area contributed by atoms with Crippen LogP contribution in [-0.2, 0) is 0 Å². The summed E-state index contributed by atoms with van der Waals surface area (Å²) in [6, 6.07) is 7.55. The summed E-state index contributed by atoms with van der Waals surface area (Å²) in [5, 5.41) is 3.21. The molecule has 0 amide bonds. The van der Waals surface area contributed by atoms with Crippen molar-refractivity contribution >= 4 is 5.69 Å². The van der Waals surface area contributed by atoms with Crippen LogP contribution < -0.4 is 10.1 Å². The van der Waals surface area contributed by atoms with Gasteiger partial charge in [0.25, 0.3) is 0 Å². The standard InChI is InChI=1S/C15H16F3NO2/c1-9-8-14(11(3)20-9)10(2)19-12-4-6-13(7-5-12)21-15(16,17)18/h4-8,10,19H,1-3H3. The Morgan fingerprint density at radius 1 is 1.14 bits per heavy atom. The Morgan fingerprint density at radius 2 is 1.76 bits per heavy atom. The van der Waals surface area contributed by atoms with E-state index in [9.17, 15) is 13.2 Å². The van der Waals surface area contributed by atoms with Crippen LogP contribution in [0, 0.1) is 13.8 Å². The summed E-state index contributed by atoms with van der Waals surface area (Å²) in [4.78, 5) is 0. The molecule has 0 bridgehead atoms. The highest BCUT2D eigenvalue weighted by atomic mass is 19.4. The maximum atomic E-state index is 12.1. The number of hydrogen-bond donors (Lipinski definition) is 1. The molecule has 21 heavy (non-hydrogen) atoms. The molecule has 0 fully saturated rings. The van der Waals surface area contributed by atoms with Crippen LogP contribution in [0.2, 0.25) is 0 Å². The number of nitrogens with one attached hydrogen (secondary N) is 1. The van der Waals surface area contributed by atoms with Crippen LogP contribution >= 0.6 is 0 Å². The lowest BCUT2D eigenvalue weighted by molar-refractivity contribution is -0.274. The topological polar surface area (TPSA) is 34.4 Å². The molecule has 0 radical (unpaired) electrons. The third-order valence-electron chi connectivity index (χ3n) is 3.02. The molecule has 0 aliphatic carbocycles. The summed E-state index contributed by atoms with van der Waals surface area (Å²) in [5.41, 5.74) is 1.72. The molecule has 0 saturated heterocycles. The van der Waals surface area contributed by atoms with Crippen LogP contribution in [0.25, 0.3) is 0 Å². The first-order valence-corrected chi connectivity index (χ1v) is 6.44. The molecular weight excluding hydrogens is 283 g/mol. The molecule has 3 nitrogen and oxygen atoms in total. The number of alkyl halides is 3. The Hall–Kier alpha value is -2.11. The maximum Gasteiger partial charge on any atom is 0.573 e. The summed E-state index contributed by atoms with van der Waals surface area (Å²) in [6.07, 6.45) is -4.67. The molecule has 0 aliphatic rings. The molecule has 2 rings (SSSR count). The molecule has 2 aromatic rings. The van der Waals surface area contributed by atoms with Gasteiger partial charge in [-0.05, 0) is 51.1 Å². The van der Waals surface area contributed by atoms with Gasteiger partial charge in [0.15, 0.2) is 0 Å². The number of aryl methyl sites for hydroxylation is 2. The highest BCUT2D eigenvalue weighted by Crippen LogP contribution is 2.27. The number of hydrogen-bond acceptors (Lipinski definition) is 3. The Bertz CT molecular complexity index is 602. The smallest absolute Gasteiger partial charge is 0.466 e. The maximum absolute atomic E-state index is 12.1. The Morgan fingerprint density at radius 3 is 2.24 bits per heavy atom.